The lowest BCUT2D eigenvalue weighted by atomic mass is 9.99. The van der Waals surface area contributed by atoms with Gasteiger partial charge >= 0.3 is 0 Å². The fourth-order valence-electron chi connectivity index (χ4n) is 2.47. The molecule has 0 aromatic heterocycles. The minimum absolute atomic E-state index is 0.377. The summed E-state index contributed by atoms with van der Waals surface area (Å²) in [5.74, 6) is 1.70. The first-order valence-electron chi connectivity index (χ1n) is 6.87. The molecule has 1 aromatic rings. The fourth-order valence-corrected chi connectivity index (χ4v) is 2.47. The Labute approximate surface area is 110 Å². The van der Waals surface area contributed by atoms with E-state index in [1.165, 1.54) is 24.9 Å². The van der Waals surface area contributed by atoms with Crippen molar-refractivity contribution in [3.8, 4) is 5.75 Å². The Kier molecular flexibility index (Phi) is 5.02. The van der Waals surface area contributed by atoms with Gasteiger partial charge < -0.3 is 15.4 Å². The molecule has 0 aliphatic carbocycles. The van der Waals surface area contributed by atoms with Crippen molar-refractivity contribution < 1.29 is 4.74 Å². The molecule has 1 saturated heterocycles. The second-order valence-corrected chi connectivity index (χ2v) is 5.12. The topological polar surface area (TPSA) is 33.3 Å². The quantitative estimate of drug-likeness (QED) is 0.839. The molecule has 0 radical (unpaired) electrons. The highest BCUT2D eigenvalue weighted by Crippen LogP contribution is 2.19. The second kappa shape index (κ2) is 6.76. The molecule has 2 N–H and O–H groups in total. The molecule has 1 unspecified atom stereocenters. The number of nitrogens with one attached hydrogen (secondary N) is 2. The minimum atomic E-state index is 0.377. The number of hydrogen-bond acceptors (Lipinski definition) is 3. The highest BCUT2D eigenvalue weighted by molar-refractivity contribution is 5.30. The standard InChI is InChI=1S/C15H24N2O/c1-12(14-6-3-7-15(9-14)18-2)17-11-13-5-4-8-16-10-13/h3,6-7,9,12-13,16-17H,4-5,8,10-11H2,1-2H3/t12-,13?/m0/s1. The van der Waals surface area contributed by atoms with Gasteiger partial charge in [-0.2, -0.15) is 0 Å². The van der Waals surface area contributed by atoms with Crippen molar-refractivity contribution in [2.75, 3.05) is 26.7 Å². The predicted octanol–water partition coefficient (Wildman–Crippen LogP) is 2.35. The first-order valence-corrected chi connectivity index (χ1v) is 6.87. The number of piperidine rings is 1. The van der Waals surface area contributed by atoms with E-state index in [9.17, 15) is 0 Å². The molecule has 1 fully saturated rings. The van der Waals surface area contributed by atoms with E-state index in [1.807, 2.05) is 6.07 Å². The Morgan fingerprint density at radius 3 is 3.11 bits per heavy atom. The summed E-state index contributed by atoms with van der Waals surface area (Å²) in [4.78, 5) is 0. The van der Waals surface area contributed by atoms with Gasteiger partial charge in [-0.05, 0) is 63.0 Å². The number of rotatable bonds is 5. The van der Waals surface area contributed by atoms with Crippen LogP contribution >= 0.6 is 0 Å². The molecular weight excluding hydrogens is 224 g/mol. The lowest BCUT2D eigenvalue weighted by Crippen LogP contribution is -2.36. The van der Waals surface area contributed by atoms with Crippen LogP contribution in [0.3, 0.4) is 0 Å². The maximum atomic E-state index is 5.26. The van der Waals surface area contributed by atoms with E-state index < -0.39 is 0 Å². The van der Waals surface area contributed by atoms with E-state index in [2.05, 4.69) is 35.8 Å². The normalized spacial score (nSPS) is 21.6. The molecule has 3 nitrogen and oxygen atoms in total. The Hall–Kier alpha value is -1.06. The zero-order chi connectivity index (χ0) is 12.8. The van der Waals surface area contributed by atoms with E-state index >= 15 is 0 Å². The average molecular weight is 248 g/mol. The highest BCUT2D eigenvalue weighted by Gasteiger charge is 2.14. The van der Waals surface area contributed by atoms with Gasteiger partial charge in [-0.25, -0.2) is 0 Å². The summed E-state index contributed by atoms with van der Waals surface area (Å²) in [6.07, 6.45) is 2.64. The third kappa shape index (κ3) is 3.72. The SMILES string of the molecule is COc1cccc([C@H](C)NCC2CCCNC2)c1. The molecule has 0 bridgehead atoms. The van der Waals surface area contributed by atoms with E-state index in [-0.39, 0.29) is 0 Å². The maximum Gasteiger partial charge on any atom is 0.119 e. The first kappa shape index (κ1) is 13.4. The molecule has 2 atom stereocenters. The maximum absolute atomic E-state index is 5.26. The molecule has 0 spiro atoms. The van der Waals surface area contributed by atoms with Crippen LogP contribution in [0.25, 0.3) is 0 Å². The summed E-state index contributed by atoms with van der Waals surface area (Å²) in [6, 6.07) is 8.67. The van der Waals surface area contributed by atoms with Crippen molar-refractivity contribution in [1.29, 1.82) is 0 Å². The molecule has 100 valence electrons. The van der Waals surface area contributed by atoms with E-state index in [0.717, 1.165) is 24.8 Å². The summed E-state index contributed by atoms with van der Waals surface area (Å²) in [7, 11) is 1.71. The smallest absolute Gasteiger partial charge is 0.119 e. The Bertz CT molecular complexity index is 361. The molecular formula is C15H24N2O. The summed E-state index contributed by atoms with van der Waals surface area (Å²) in [5, 5.41) is 7.08. The first-order chi connectivity index (χ1) is 8.79. The second-order valence-electron chi connectivity index (χ2n) is 5.12. The van der Waals surface area contributed by atoms with Gasteiger partial charge in [-0.3, -0.25) is 0 Å². The van der Waals surface area contributed by atoms with Crippen molar-refractivity contribution >= 4 is 0 Å². The molecule has 1 aliphatic rings. The van der Waals surface area contributed by atoms with Gasteiger partial charge in [0.1, 0.15) is 5.75 Å². The third-order valence-corrected chi connectivity index (χ3v) is 3.71. The van der Waals surface area contributed by atoms with Crippen molar-refractivity contribution in [3.05, 3.63) is 29.8 Å². The van der Waals surface area contributed by atoms with Crippen LogP contribution in [0.4, 0.5) is 0 Å². The fraction of sp³-hybridized carbons (Fsp3) is 0.600. The van der Waals surface area contributed by atoms with Crippen LogP contribution in [0.5, 0.6) is 5.75 Å². The van der Waals surface area contributed by atoms with Crippen LogP contribution < -0.4 is 15.4 Å². The predicted molar refractivity (Wildman–Crippen MR) is 75.0 cm³/mol. The molecule has 1 heterocycles. The molecule has 1 aliphatic heterocycles. The largest absolute Gasteiger partial charge is 0.497 e. The summed E-state index contributed by atoms with van der Waals surface area (Å²) >= 11 is 0. The Balaban J connectivity index is 1.84. The lowest BCUT2D eigenvalue weighted by Gasteiger charge is -2.25. The van der Waals surface area contributed by atoms with Gasteiger partial charge in [0, 0.05) is 6.04 Å². The third-order valence-electron chi connectivity index (χ3n) is 3.71. The van der Waals surface area contributed by atoms with E-state index in [1.54, 1.807) is 7.11 Å². The average Bonchev–Trinajstić information content (AvgIpc) is 2.46. The van der Waals surface area contributed by atoms with Gasteiger partial charge in [0.05, 0.1) is 7.11 Å². The van der Waals surface area contributed by atoms with Gasteiger partial charge in [0.2, 0.25) is 0 Å². The van der Waals surface area contributed by atoms with Crippen molar-refractivity contribution in [1.82, 2.24) is 10.6 Å². The van der Waals surface area contributed by atoms with Crippen molar-refractivity contribution in [3.63, 3.8) is 0 Å². The van der Waals surface area contributed by atoms with Gasteiger partial charge in [0.25, 0.3) is 0 Å². The van der Waals surface area contributed by atoms with Crippen molar-refractivity contribution in [2.45, 2.75) is 25.8 Å². The summed E-state index contributed by atoms with van der Waals surface area (Å²) in [6.45, 7) is 5.64. The number of hydrogen-bond donors (Lipinski definition) is 2. The molecule has 2 rings (SSSR count). The van der Waals surface area contributed by atoms with Crippen LogP contribution in [-0.2, 0) is 0 Å². The van der Waals surface area contributed by atoms with Crippen LogP contribution in [0.1, 0.15) is 31.4 Å². The highest BCUT2D eigenvalue weighted by atomic mass is 16.5. The van der Waals surface area contributed by atoms with Crippen LogP contribution in [-0.4, -0.2) is 26.7 Å². The molecule has 3 heteroatoms. The molecule has 0 amide bonds. The van der Waals surface area contributed by atoms with Crippen LogP contribution in [0.15, 0.2) is 24.3 Å². The summed E-state index contributed by atoms with van der Waals surface area (Å²) < 4.78 is 5.26. The Morgan fingerprint density at radius 2 is 2.39 bits per heavy atom. The van der Waals surface area contributed by atoms with E-state index in [0.29, 0.717) is 6.04 Å². The monoisotopic (exact) mass is 248 g/mol. The summed E-state index contributed by atoms with van der Waals surface area (Å²) in [5.41, 5.74) is 1.29. The lowest BCUT2D eigenvalue weighted by molar-refractivity contribution is 0.348. The number of methoxy groups -OCH3 is 1. The molecule has 18 heavy (non-hydrogen) atoms. The minimum Gasteiger partial charge on any atom is -0.497 e. The van der Waals surface area contributed by atoms with E-state index in [4.69, 9.17) is 4.74 Å². The molecule has 0 saturated carbocycles. The van der Waals surface area contributed by atoms with Gasteiger partial charge in [-0.15, -0.1) is 0 Å². The van der Waals surface area contributed by atoms with Crippen LogP contribution in [0.2, 0.25) is 0 Å². The number of ether oxygens (including phenoxy) is 1. The Morgan fingerprint density at radius 1 is 1.50 bits per heavy atom. The van der Waals surface area contributed by atoms with Crippen molar-refractivity contribution in [2.24, 2.45) is 5.92 Å². The van der Waals surface area contributed by atoms with Gasteiger partial charge in [-0.1, -0.05) is 12.1 Å². The van der Waals surface area contributed by atoms with Gasteiger partial charge in [0.15, 0.2) is 0 Å². The zero-order valence-corrected chi connectivity index (χ0v) is 11.4. The zero-order valence-electron chi connectivity index (χ0n) is 11.4. The number of benzene rings is 1. The van der Waals surface area contributed by atoms with Crippen LogP contribution in [0, 0.1) is 5.92 Å². The molecule has 1 aromatic carbocycles.